The third-order valence-electron chi connectivity index (χ3n) is 3.94. The van der Waals surface area contributed by atoms with Crippen LogP contribution in [0.1, 0.15) is 39.5 Å². The van der Waals surface area contributed by atoms with Crippen LogP contribution in [0, 0.1) is 5.92 Å². The lowest BCUT2D eigenvalue weighted by atomic mass is 9.98. The fourth-order valence-electron chi connectivity index (χ4n) is 2.78. The molecule has 1 aromatic carbocycles. The third kappa shape index (κ3) is 4.52. The van der Waals surface area contributed by atoms with Crippen molar-refractivity contribution in [3.8, 4) is 0 Å². The third-order valence-corrected chi connectivity index (χ3v) is 5.00. The summed E-state index contributed by atoms with van der Waals surface area (Å²) in [6, 6.07) is 8.17. The van der Waals surface area contributed by atoms with Crippen molar-refractivity contribution in [2.45, 2.75) is 46.1 Å². The highest BCUT2D eigenvalue weighted by atomic mass is 32.1. The Labute approximate surface area is 141 Å². The van der Waals surface area contributed by atoms with Gasteiger partial charge in [-0.25, -0.2) is 0 Å². The first-order valence-corrected chi connectivity index (χ1v) is 9.18. The van der Waals surface area contributed by atoms with Crippen molar-refractivity contribution in [1.29, 1.82) is 0 Å². The second-order valence-electron chi connectivity index (χ2n) is 5.72. The monoisotopic (exact) mass is 334 g/mol. The summed E-state index contributed by atoms with van der Waals surface area (Å²) in [6.45, 7) is 5.55. The lowest BCUT2D eigenvalue weighted by molar-refractivity contribution is -0.122. The fourth-order valence-corrected chi connectivity index (χ4v) is 3.84. The van der Waals surface area contributed by atoms with Crippen molar-refractivity contribution in [2.24, 2.45) is 10.9 Å². The van der Waals surface area contributed by atoms with E-state index < -0.39 is 0 Å². The van der Waals surface area contributed by atoms with Crippen LogP contribution in [0.15, 0.2) is 29.3 Å². The Morgan fingerprint density at radius 2 is 1.96 bits per heavy atom. The molecule has 0 saturated heterocycles. The van der Waals surface area contributed by atoms with Gasteiger partial charge < -0.3 is 9.30 Å². The summed E-state index contributed by atoms with van der Waals surface area (Å²) in [5.74, 6) is 0.0671. The second-order valence-corrected chi connectivity index (χ2v) is 6.73. The van der Waals surface area contributed by atoms with Gasteiger partial charge in [-0.2, -0.15) is 4.99 Å². The zero-order valence-electron chi connectivity index (χ0n) is 14.2. The van der Waals surface area contributed by atoms with Crippen molar-refractivity contribution in [3.63, 3.8) is 0 Å². The molecule has 2 aromatic rings. The summed E-state index contributed by atoms with van der Waals surface area (Å²) < 4.78 is 8.45. The number of carbonyl (C=O) groups is 1. The molecule has 0 aliphatic heterocycles. The van der Waals surface area contributed by atoms with Gasteiger partial charge in [0.15, 0.2) is 4.80 Å². The molecule has 4 nitrogen and oxygen atoms in total. The maximum atomic E-state index is 12.6. The molecule has 0 N–H and O–H groups in total. The van der Waals surface area contributed by atoms with Crippen molar-refractivity contribution in [3.05, 3.63) is 29.1 Å². The summed E-state index contributed by atoms with van der Waals surface area (Å²) in [5.41, 5.74) is 1.11. The number of ether oxygens (including phenoxy) is 1. The van der Waals surface area contributed by atoms with E-state index in [1.54, 1.807) is 18.4 Å². The minimum atomic E-state index is 0.0198. The minimum Gasteiger partial charge on any atom is -0.383 e. The number of thiazole rings is 1. The molecule has 0 saturated carbocycles. The molecule has 1 heterocycles. The van der Waals surface area contributed by atoms with Gasteiger partial charge in [-0.1, -0.05) is 50.2 Å². The quantitative estimate of drug-likeness (QED) is 0.732. The summed E-state index contributed by atoms with van der Waals surface area (Å²) in [5, 5.41) is 0. The molecule has 0 unspecified atom stereocenters. The predicted octanol–water partition coefficient (Wildman–Crippen LogP) is 3.99. The largest absolute Gasteiger partial charge is 0.383 e. The number of carbonyl (C=O) groups excluding carboxylic acids is 1. The van der Waals surface area contributed by atoms with Crippen LogP contribution in [-0.4, -0.2) is 24.2 Å². The number of rotatable bonds is 8. The topological polar surface area (TPSA) is 43.6 Å². The zero-order chi connectivity index (χ0) is 16.7. The van der Waals surface area contributed by atoms with Crippen LogP contribution >= 0.6 is 11.3 Å². The highest BCUT2D eigenvalue weighted by Gasteiger charge is 2.16. The lowest BCUT2D eigenvalue weighted by Crippen LogP contribution is -2.22. The molecule has 2 rings (SSSR count). The number of para-hydroxylation sites is 1. The van der Waals surface area contributed by atoms with Gasteiger partial charge in [0.2, 0.25) is 0 Å². The minimum absolute atomic E-state index is 0.0198. The van der Waals surface area contributed by atoms with Crippen molar-refractivity contribution >= 4 is 27.5 Å². The summed E-state index contributed by atoms with van der Waals surface area (Å²) in [7, 11) is 1.69. The zero-order valence-corrected chi connectivity index (χ0v) is 15.1. The Kier molecular flexibility index (Phi) is 6.99. The summed E-state index contributed by atoms with van der Waals surface area (Å²) in [4.78, 5) is 17.8. The molecule has 5 heteroatoms. The Hall–Kier alpha value is -1.46. The number of hydrogen-bond donors (Lipinski definition) is 0. The van der Waals surface area contributed by atoms with E-state index in [4.69, 9.17) is 4.74 Å². The van der Waals surface area contributed by atoms with E-state index in [0.717, 1.165) is 40.7 Å². The molecular formula is C18H26N2O2S. The van der Waals surface area contributed by atoms with E-state index in [1.807, 2.05) is 12.1 Å². The van der Waals surface area contributed by atoms with Gasteiger partial charge in [0.1, 0.15) is 0 Å². The lowest BCUT2D eigenvalue weighted by Gasteiger charge is -2.10. The Bertz CT molecular complexity index is 696. The van der Waals surface area contributed by atoms with Crippen LogP contribution in [0.25, 0.3) is 10.2 Å². The molecule has 23 heavy (non-hydrogen) atoms. The number of fused-ring (bicyclic) bond motifs is 1. The van der Waals surface area contributed by atoms with Gasteiger partial charge in [-0.3, -0.25) is 4.79 Å². The number of benzene rings is 1. The Balaban J connectivity index is 2.41. The predicted molar refractivity (Wildman–Crippen MR) is 95.6 cm³/mol. The molecular weight excluding hydrogens is 308 g/mol. The molecule has 0 fully saturated rings. The van der Waals surface area contributed by atoms with E-state index in [-0.39, 0.29) is 11.8 Å². The highest BCUT2D eigenvalue weighted by Crippen LogP contribution is 2.18. The SMILES string of the molecule is CCCC(CCC)C(=O)N=c1sc2ccccc2n1CCOC. The number of amides is 1. The maximum absolute atomic E-state index is 12.6. The van der Waals surface area contributed by atoms with Gasteiger partial charge in [-0.05, 0) is 25.0 Å². The van der Waals surface area contributed by atoms with Crippen molar-refractivity contribution in [2.75, 3.05) is 13.7 Å². The van der Waals surface area contributed by atoms with Gasteiger partial charge >= 0.3 is 0 Å². The van der Waals surface area contributed by atoms with Gasteiger partial charge in [-0.15, -0.1) is 0 Å². The molecule has 1 amide bonds. The average molecular weight is 334 g/mol. The van der Waals surface area contributed by atoms with Crippen molar-refractivity contribution < 1.29 is 9.53 Å². The molecule has 126 valence electrons. The first-order valence-electron chi connectivity index (χ1n) is 8.37. The summed E-state index contributed by atoms with van der Waals surface area (Å²) >= 11 is 1.58. The maximum Gasteiger partial charge on any atom is 0.251 e. The van der Waals surface area contributed by atoms with Gasteiger partial charge in [0, 0.05) is 19.6 Å². The number of aromatic nitrogens is 1. The first-order chi connectivity index (χ1) is 11.2. The second kappa shape index (κ2) is 8.99. The van der Waals surface area contributed by atoms with Crippen LogP contribution in [-0.2, 0) is 16.1 Å². The standard InChI is InChI=1S/C18H26N2O2S/c1-4-8-14(9-5-2)17(21)19-18-20(12-13-22-3)15-10-6-7-11-16(15)23-18/h6-7,10-11,14H,4-5,8-9,12-13H2,1-3H3. The molecule has 1 aromatic heterocycles. The van der Waals surface area contributed by atoms with E-state index in [2.05, 4.69) is 35.5 Å². The highest BCUT2D eigenvalue weighted by molar-refractivity contribution is 7.16. The summed E-state index contributed by atoms with van der Waals surface area (Å²) in [6.07, 6.45) is 3.86. The Morgan fingerprint density at radius 1 is 1.26 bits per heavy atom. The number of methoxy groups -OCH3 is 1. The Morgan fingerprint density at radius 3 is 2.61 bits per heavy atom. The molecule has 0 radical (unpaired) electrons. The molecule has 0 aliphatic rings. The molecule has 0 bridgehead atoms. The van der Waals surface area contributed by atoms with E-state index in [1.165, 1.54) is 0 Å². The fraction of sp³-hybridized carbons (Fsp3) is 0.556. The van der Waals surface area contributed by atoms with E-state index in [9.17, 15) is 4.79 Å². The smallest absolute Gasteiger partial charge is 0.251 e. The number of nitrogens with zero attached hydrogens (tertiary/aromatic N) is 2. The van der Waals surface area contributed by atoms with Crippen LogP contribution in [0.5, 0.6) is 0 Å². The first kappa shape index (κ1) is 17.9. The average Bonchev–Trinajstić information content (AvgIpc) is 2.89. The normalized spacial score (nSPS) is 12.4. The van der Waals surface area contributed by atoms with Crippen LogP contribution < -0.4 is 4.80 Å². The van der Waals surface area contributed by atoms with E-state index in [0.29, 0.717) is 13.2 Å². The molecule has 0 aliphatic carbocycles. The van der Waals surface area contributed by atoms with Gasteiger partial charge in [0.05, 0.1) is 16.8 Å². The van der Waals surface area contributed by atoms with E-state index >= 15 is 0 Å². The van der Waals surface area contributed by atoms with Crippen molar-refractivity contribution in [1.82, 2.24) is 4.57 Å². The number of hydrogen-bond acceptors (Lipinski definition) is 3. The van der Waals surface area contributed by atoms with Crippen LogP contribution in [0.3, 0.4) is 0 Å². The van der Waals surface area contributed by atoms with Crippen LogP contribution in [0.4, 0.5) is 0 Å². The van der Waals surface area contributed by atoms with Crippen LogP contribution in [0.2, 0.25) is 0 Å². The molecule has 0 atom stereocenters. The molecule has 0 spiro atoms. The van der Waals surface area contributed by atoms with Gasteiger partial charge in [0.25, 0.3) is 5.91 Å².